The quantitative estimate of drug-likeness (QED) is 0.603. The molecule has 6 nitrogen and oxygen atoms in total. The highest BCUT2D eigenvalue weighted by atomic mass is 19.1. The van der Waals surface area contributed by atoms with Crippen LogP contribution in [0.5, 0.6) is 0 Å². The largest absolute Gasteiger partial charge is 0.368 e. The third kappa shape index (κ3) is 3.88. The average molecular weight is 453 g/mol. The normalized spacial score (nSPS) is 20.4. The van der Waals surface area contributed by atoms with E-state index >= 15 is 0 Å². The Kier molecular flexibility index (Phi) is 5.39. The molecule has 1 aromatic heterocycles. The maximum absolute atomic E-state index is 14.8. The van der Waals surface area contributed by atoms with Gasteiger partial charge in [-0.25, -0.2) is 22.8 Å². The van der Waals surface area contributed by atoms with Crippen molar-refractivity contribution in [3.8, 4) is 0 Å². The fraction of sp³-hybridized carbons (Fsp3) is 0.292. The maximum atomic E-state index is 14.8. The molecule has 3 heterocycles. The molecular weight excluding hydrogens is 431 g/mol. The molecular formula is C24H22F3N5O. The van der Waals surface area contributed by atoms with E-state index in [1.165, 1.54) is 28.9 Å². The van der Waals surface area contributed by atoms with Crippen LogP contribution in [0, 0.1) is 23.4 Å². The zero-order chi connectivity index (χ0) is 23.1. The van der Waals surface area contributed by atoms with Crippen molar-refractivity contribution in [3.05, 3.63) is 77.7 Å². The molecule has 1 fully saturated rings. The van der Waals surface area contributed by atoms with Crippen molar-refractivity contribution < 1.29 is 18.0 Å². The number of hydrogen-bond acceptors (Lipinski definition) is 4. The topological polar surface area (TPSA) is 53.7 Å². The van der Waals surface area contributed by atoms with E-state index in [1.54, 1.807) is 36.2 Å². The van der Waals surface area contributed by atoms with E-state index in [-0.39, 0.29) is 17.3 Å². The van der Waals surface area contributed by atoms with Gasteiger partial charge in [-0.15, -0.1) is 0 Å². The first-order valence-corrected chi connectivity index (χ1v) is 10.8. The first kappa shape index (κ1) is 21.2. The minimum absolute atomic E-state index is 0.176. The van der Waals surface area contributed by atoms with Gasteiger partial charge in [0, 0.05) is 55.3 Å². The standard InChI is InChI=1S/C24H22F3N5O/c1-15-22(24(33)31-12-10-30(11-13-31)18-5-2-16(25)3-6-18)23(32-21(29-15)8-9-28-32)19-7-4-17(26)14-20(19)27/h2-9,14,22-23H,10-13H2,1H3. The van der Waals surface area contributed by atoms with Crippen molar-refractivity contribution in [1.82, 2.24) is 14.7 Å². The molecule has 0 spiro atoms. The summed E-state index contributed by atoms with van der Waals surface area (Å²) < 4.78 is 43.2. The molecule has 33 heavy (non-hydrogen) atoms. The summed E-state index contributed by atoms with van der Waals surface area (Å²) in [5.74, 6) is -2.13. The molecule has 0 N–H and O–H groups in total. The lowest BCUT2D eigenvalue weighted by atomic mass is 9.86. The van der Waals surface area contributed by atoms with Crippen LogP contribution in [0.2, 0.25) is 0 Å². The van der Waals surface area contributed by atoms with Crippen LogP contribution in [-0.4, -0.2) is 52.5 Å². The molecule has 2 aliphatic heterocycles. The number of fused-ring (bicyclic) bond motifs is 1. The van der Waals surface area contributed by atoms with E-state index in [4.69, 9.17) is 0 Å². The highest BCUT2D eigenvalue weighted by Gasteiger charge is 2.41. The summed E-state index contributed by atoms with van der Waals surface area (Å²) in [6.45, 7) is 3.85. The van der Waals surface area contributed by atoms with Crippen LogP contribution in [0.25, 0.3) is 0 Å². The summed E-state index contributed by atoms with van der Waals surface area (Å²) in [7, 11) is 0. The SMILES string of the molecule is CC1=Nc2ccnn2C(c2ccc(F)cc2F)C1C(=O)N1CCN(c2ccc(F)cc2)CC1. The van der Waals surface area contributed by atoms with Gasteiger partial charge >= 0.3 is 0 Å². The second kappa shape index (κ2) is 8.38. The second-order valence-corrected chi connectivity index (χ2v) is 8.26. The first-order chi connectivity index (χ1) is 15.9. The second-order valence-electron chi connectivity index (χ2n) is 8.26. The van der Waals surface area contributed by atoms with Crippen LogP contribution >= 0.6 is 0 Å². The molecule has 0 aliphatic carbocycles. The van der Waals surface area contributed by atoms with Gasteiger partial charge in [-0.3, -0.25) is 4.79 Å². The Morgan fingerprint density at radius 3 is 2.33 bits per heavy atom. The van der Waals surface area contributed by atoms with E-state index in [0.717, 1.165) is 11.8 Å². The molecule has 2 atom stereocenters. The van der Waals surface area contributed by atoms with Gasteiger partial charge in [0.2, 0.25) is 5.91 Å². The smallest absolute Gasteiger partial charge is 0.234 e. The van der Waals surface area contributed by atoms with Crippen molar-refractivity contribution in [2.45, 2.75) is 13.0 Å². The van der Waals surface area contributed by atoms with Crippen molar-refractivity contribution in [2.24, 2.45) is 10.9 Å². The molecule has 0 saturated carbocycles. The Bertz CT molecular complexity index is 1220. The van der Waals surface area contributed by atoms with Crippen LogP contribution in [0.15, 0.2) is 59.7 Å². The Morgan fingerprint density at radius 1 is 0.939 bits per heavy atom. The van der Waals surface area contributed by atoms with Crippen molar-refractivity contribution in [2.75, 3.05) is 31.1 Å². The van der Waals surface area contributed by atoms with E-state index in [0.29, 0.717) is 37.7 Å². The molecule has 2 aromatic carbocycles. The first-order valence-electron chi connectivity index (χ1n) is 10.8. The summed E-state index contributed by atoms with van der Waals surface area (Å²) in [5.41, 5.74) is 1.65. The van der Waals surface area contributed by atoms with Crippen LogP contribution < -0.4 is 4.90 Å². The molecule has 170 valence electrons. The molecule has 0 bridgehead atoms. The van der Waals surface area contributed by atoms with E-state index in [9.17, 15) is 18.0 Å². The summed E-state index contributed by atoms with van der Waals surface area (Å²) in [4.78, 5) is 22.0. The van der Waals surface area contributed by atoms with Crippen molar-refractivity contribution in [1.29, 1.82) is 0 Å². The van der Waals surface area contributed by atoms with E-state index < -0.39 is 23.6 Å². The number of rotatable bonds is 3. The van der Waals surface area contributed by atoms with E-state index in [1.807, 2.05) is 0 Å². The molecule has 0 radical (unpaired) electrons. The maximum Gasteiger partial charge on any atom is 0.234 e. The third-order valence-corrected chi connectivity index (χ3v) is 6.30. The fourth-order valence-electron chi connectivity index (χ4n) is 4.63. The minimum Gasteiger partial charge on any atom is -0.368 e. The number of carbonyl (C=O) groups excluding carboxylic acids is 1. The predicted molar refractivity (Wildman–Crippen MR) is 118 cm³/mol. The lowest BCUT2D eigenvalue weighted by molar-refractivity contribution is -0.134. The number of hydrogen-bond donors (Lipinski definition) is 0. The van der Waals surface area contributed by atoms with Crippen LogP contribution in [0.3, 0.4) is 0 Å². The van der Waals surface area contributed by atoms with Crippen LogP contribution in [0.1, 0.15) is 18.5 Å². The third-order valence-electron chi connectivity index (χ3n) is 6.30. The number of amides is 1. The number of carbonyl (C=O) groups is 1. The summed E-state index contributed by atoms with van der Waals surface area (Å²) in [6, 6.07) is 10.6. The number of benzene rings is 2. The molecule has 5 rings (SSSR count). The number of piperazine rings is 1. The predicted octanol–water partition coefficient (Wildman–Crippen LogP) is 3.96. The van der Waals surface area contributed by atoms with Gasteiger partial charge in [0.1, 0.15) is 23.4 Å². The van der Waals surface area contributed by atoms with Gasteiger partial charge < -0.3 is 9.80 Å². The molecule has 1 saturated heterocycles. The Labute approximate surface area is 188 Å². The van der Waals surface area contributed by atoms with Gasteiger partial charge in [-0.2, -0.15) is 5.10 Å². The summed E-state index contributed by atoms with van der Waals surface area (Å²) in [6.07, 6.45) is 1.55. The van der Waals surface area contributed by atoms with Gasteiger partial charge in [0.25, 0.3) is 0 Å². The van der Waals surface area contributed by atoms with Crippen LogP contribution in [-0.2, 0) is 4.79 Å². The van der Waals surface area contributed by atoms with Crippen molar-refractivity contribution >= 4 is 23.1 Å². The minimum atomic E-state index is -0.769. The fourth-order valence-corrected chi connectivity index (χ4v) is 4.63. The van der Waals surface area contributed by atoms with Gasteiger partial charge in [0.15, 0.2) is 5.82 Å². The number of nitrogens with zero attached hydrogens (tertiary/aromatic N) is 5. The molecule has 2 aliphatic rings. The highest BCUT2D eigenvalue weighted by molar-refractivity contribution is 6.05. The average Bonchev–Trinajstić information content (AvgIpc) is 3.27. The van der Waals surface area contributed by atoms with Crippen molar-refractivity contribution in [3.63, 3.8) is 0 Å². The Hall–Kier alpha value is -3.62. The Morgan fingerprint density at radius 2 is 1.64 bits per heavy atom. The van der Waals surface area contributed by atoms with Gasteiger partial charge in [-0.1, -0.05) is 6.07 Å². The monoisotopic (exact) mass is 453 g/mol. The molecule has 1 amide bonds. The molecule has 2 unspecified atom stereocenters. The van der Waals surface area contributed by atoms with Gasteiger partial charge in [-0.05, 0) is 37.3 Å². The zero-order valence-electron chi connectivity index (χ0n) is 18.0. The lowest BCUT2D eigenvalue weighted by Gasteiger charge is -2.40. The van der Waals surface area contributed by atoms with Crippen LogP contribution in [0.4, 0.5) is 24.7 Å². The number of aliphatic imine (C=N–C) groups is 1. The zero-order valence-corrected chi connectivity index (χ0v) is 18.0. The van der Waals surface area contributed by atoms with E-state index in [2.05, 4.69) is 15.0 Å². The highest BCUT2D eigenvalue weighted by Crippen LogP contribution is 2.38. The molecule has 9 heteroatoms. The number of aromatic nitrogens is 2. The molecule has 3 aromatic rings. The Balaban J connectivity index is 1.42. The number of anilines is 1. The lowest BCUT2D eigenvalue weighted by Crippen LogP contribution is -2.53. The number of halogens is 3. The summed E-state index contributed by atoms with van der Waals surface area (Å²) >= 11 is 0. The summed E-state index contributed by atoms with van der Waals surface area (Å²) in [5, 5.41) is 4.29. The van der Waals surface area contributed by atoms with Gasteiger partial charge in [0.05, 0.1) is 12.2 Å².